The Balaban J connectivity index is 2.46. The molecule has 0 radical (unpaired) electrons. The van der Waals surface area contributed by atoms with Crippen LogP contribution in [0.25, 0.3) is 0 Å². The van der Waals surface area contributed by atoms with Gasteiger partial charge in [0.1, 0.15) is 5.75 Å². The molecule has 0 aliphatic carbocycles. The number of methoxy groups -OCH3 is 1. The van der Waals surface area contributed by atoms with Gasteiger partial charge >= 0.3 is 6.09 Å². The highest BCUT2D eigenvalue weighted by molar-refractivity contribution is 5.94. The second-order valence-electron chi connectivity index (χ2n) is 5.09. The van der Waals surface area contributed by atoms with E-state index < -0.39 is 6.09 Å². The van der Waals surface area contributed by atoms with Crippen LogP contribution in [-0.2, 0) is 14.3 Å². The van der Waals surface area contributed by atoms with Crippen LogP contribution >= 0.6 is 0 Å². The van der Waals surface area contributed by atoms with Gasteiger partial charge in [0, 0.05) is 31.3 Å². The zero-order valence-corrected chi connectivity index (χ0v) is 14.8. The van der Waals surface area contributed by atoms with Gasteiger partial charge in [0.05, 0.1) is 20.3 Å². The summed E-state index contributed by atoms with van der Waals surface area (Å²) in [6, 6.07) is 6.97. The fourth-order valence-corrected chi connectivity index (χ4v) is 2.06. The number of hydrogen-bond donors (Lipinski definition) is 2. The van der Waals surface area contributed by atoms with Gasteiger partial charge in [-0.15, -0.1) is 0 Å². The van der Waals surface area contributed by atoms with E-state index in [2.05, 4.69) is 10.6 Å². The molecular weight excluding hydrogens is 326 g/mol. The number of carbonyl (C=O) groups excluding carboxylic acids is 3. The predicted octanol–water partition coefficient (Wildman–Crippen LogP) is 1.62. The minimum atomic E-state index is -0.561. The number of benzene rings is 1. The summed E-state index contributed by atoms with van der Waals surface area (Å²) in [4.78, 5) is 36.8. The molecule has 0 heterocycles. The van der Waals surface area contributed by atoms with Gasteiger partial charge in [-0.25, -0.2) is 4.79 Å². The minimum absolute atomic E-state index is 0.0635. The van der Waals surface area contributed by atoms with Crippen LogP contribution in [0.15, 0.2) is 24.3 Å². The summed E-state index contributed by atoms with van der Waals surface area (Å²) in [5.74, 6) is 0.105. The molecule has 138 valence electrons. The van der Waals surface area contributed by atoms with Crippen molar-refractivity contribution in [2.75, 3.05) is 38.7 Å². The fourth-order valence-electron chi connectivity index (χ4n) is 2.06. The van der Waals surface area contributed by atoms with Crippen LogP contribution in [0.1, 0.15) is 20.3 Å². The third-order valence-electron chi connectivity index (χ3n) is 3.31. The van der Waals surface area contributed by atoms with Gasteiger partial charge < -0.3 is 25.0 Å². The van der Waals surface area contributed by atoms with Gasteiger partial charge in [-0.2, -0.15) is 0 Å². The van der Waals surface area contributed by atoms with Crippen LogP contribution in [-0.4, -0.2) is 56.2 Å². The number of anilines is 1. The second-order valence-corrected chi connectivity index (χ2v) is 5.09. The highest BCUT2D eigenvalue weighted by Crippen LogP contribution is 2.16. The van der Waals surface area contributed by atoms with E-state index in [9.17, 15) is 14.4 Å². The number of ether oxygens (including phenoxy) is 2. The lowest BCUT2D eigenvalue weighted by Crippen LogP contribution is -2.39. The Bertz CT molecular complexity index is 591. The van der Waals surface area contributed by atoms with E-state index in [4.69, 9.17) is 9.47 Å². The monoisotopic (exact) mass is 351 g/mol. The van der Waals surface area contributed by atoms with Gasteiger partial charge in [0.2, 0.25) is 11.8 Å². The smallest absolute Gasteiger partial charge is 0.407 e. The van der Waals surface area contributed by atoms with Crippen LogP contribution < -0.4 is 15.4 Å². The van der Waals surface area contributed by atoms with Crippen molar-refractivity contribution in [3.63, 3.8) is 0 Å². The molecule has 1 rings (SSSR count). The molecule has 1 aromatic rings. The summed E-state index contributed by atoms with van der Waals surface area (Å²) in [6.45, 7) is 4.24. The number of alkyl carbamates (subject to hydrolysis) is 1. The minimum Gasteiger partial charge on any atom is -0.497 e. The van der Waals surface area contributed by atoms with Crippen LogP contribution in [0.3, 0.4) is 0 Å². The predicted molar refractivity (Wildman–Crippen MR) is 93.5 cm³/mol. The SMILES string of the molecule is CCOC(=O)NCCC(=O)N(CC)CC(=O)Nc1cccc(OC)c1. The molecule has 0 fully saturated rings. The molecule has 0 saturated carbocycles. The Labute approximate surface area is 147 Å². The Morgan fingerprint density at radius 2 is 1.96 bits per heavy atom. The lowest BCUT2D eigenvalue weighted by molar-refractivity contribution is -0.134. The lowest BCUT2D eigenvalue weighted by Gasteiger charge is -2.20. The molecular formula is C17H25N3O5. The van der Waals surface area contributed by atoms with Crippen LogP contribution in [0.2, 0.25) is 0 Å². The quantitative estimate of drug-likeness (QED) is 0.705. The summed E-state index contributed by atoms with van der Waals surface area (Å²) in [6.07, 6.45) is -0.465. The number of amides is 3. The molecule has 0 aromatic heterocycles. The molecule has 0 spiro atoms. The number of rotatable bonds is 9. The van der Waals surface area contributed by atoms with E-state index in [-0.39, 0.29) is 37.9 Å². The highest BCUT2D eigenvalue weighted by Gasteiger charge is 2.16. The van der Waals surface area contributed by atoms with E-state index >= 15 is 0 Å². The molecule has 0 atom stereocenters. The first-order valence-corrected chi connectivity index (χ1v) is 8.12. The van der Waals surface area contributed by atoms with Gasteiger partial charge in [-0.05, 0) is 26.0 Å². The first-order chi connectivity index (χ1) is 12.0. The zero-order chi connectivity index (χ0) is 18.7. The van der Waals surface area contributed by atoms with E-state index in [1.165, 1.54) is 4.90 Å². The zero-order valence-electron chi connectivity index (χ0n) is 14.8. The first kappa shape index (κ1) is 20.3. The number of hydrogen-bond acceptors (Lipinski definition) is 5. The Hall–Kier alpha value is -2.77. The van der Waals surface area contributed by atoms with Crippen molar-refractivity contribution in [1.29, 1.82) is 0 Å². The summed E-state index contributed by atoms with van der Waals surface area (Å²) < 4.78 is 9.81. The van der Waals surface area contributed by atoms with Crippen molar-refractivity contribution in [1.82, 2.24) is 10.2 Å². The summed E-state index contributed by atoms with van der Waals surface area (Å²) >= 11 is 0. The van der Waals surface area contributed by atoms with Crippen molar-refractivity contribution >= 4 is 23.6 Å². The van der Waals surface area contributed by atoms with Crippen molar-refractivity contribution in [3.05, 3.63) is 24.3 Å². The summed E-state index contributed by atoms with van der Waals surface area (Å²) in [5, 5.41) is 5.20. The number of carbonyl (C=O) groups is 3. The highest BCUT2D eigenvalue weighted by atomic mass is 16.5. The summed E-state index contributed by atoms with van der Waals surface area (Å²) in [7, 11) is 1.54. The first-order valence-electron chi connectivity index (χ1n) is 8.12. The van der Waals surface area contributed by atoms with E-state index in [1.54, 1.807) is 45.2 Å². The number of nitrogens with one attached hydrogen (secondary N) is 2. The normalized spacial score (nSPS) is 9.88. The molecule has 0 bridgehead atoms. The molecule has 1 aromatic carbocycles. The number of nitrogens with zero attached hydrogens (tertiary/aromatic N) is 1. The number of likely N-dealkylation sites (N-methyl/N-ethyl adjacent to an activating group) is 1. The van der Waals surface area contributed by atoms with E-state index in [1.807, 2.05) is 0 Å². The van der Waals surface area contributed by atoms with Crippen LogP contribution in [0.4, 0.5) is 10.5 Å². The summed E-state index contributed by atoms with van der Waals surface area (Å²) in [5.41, 5.74) is 0.594. The second kappa shape index (κ2) is 10.9. The average molecular weight is 351 g/mol. The molecule has 3 amide bonds. The van der Waals surface area contributed by atoms with E-state index in [0.717, 1.165) is 0 Å². The lowest BCUT2D eigenvalue weighted by atomic mass is 10.3. The molecule has 0 unspecified atom stereocenters. The maximum atomic E-state index is 12.1. The maximum absolute atomic E-state index is 12.1. The Morgan fingerprint density at radius 1 is 1.20 bits per heavy atom. The van der Waals surface area contributed by atoms with Crippen molar-refractivity contribution in [2.24, 2.45) is 0 Å². The molecule has 25 heavy (non-hydrogen) atoms. The van der Waals surface area contributed by atoms with Crippen molar-refractivity contribution < 1.29 is 23.9 Å². The van der Waals surface area contributed by atoms with Crippen LogP contribution in [0, 0.1) is 0 Å². The largest absolute Gasteiger partial charge is 0.497 e. The van der Waals surface area contributed by atoms with Gasteiger partial charge in [0.15, 0.2) is 0 Å². The third-order valence-corrected chi connectivity index (χ3v) is 3.31. The van der Waals surface area contributed by atoms with Crippen LogP contribution in [0.5, 0.6) is 5.75 Å². The fraction of sp³-hybridized carbons (Fsp3) is 0.471. The topological polar surface area (TPSA) is 97.0 Å². The molecule has 0 aliphatic heterocycles. The molecule has 8 heteroatoms. The Kier molecular flexibility index (Phi) is 8.84. The average Bonchev–Trinajstić information content (AvgIpc) is 2.59. The molecule has 0 saturated heterocycles. The maximum Gasteiger partial charge on any atom is 0.407 e. The molecule has 0 aliphatic rings. The third kappa shape index (κ3) is 7.56. The van der Waals surface area contributed by atoms with Crippen molar-refractivity contribution in [3.8, 4) is 5.75 Å². The molecule has 8 nitrogen and oxygen atoms in total. The van der Waals surface area contributed by atoms with E-state index in [0.29, 0.717) is 18.0 Å². The van der Waals surface area contributed by atoms with Gasteiger partial charge in [-0.3, -0.25) is 9.59 Å². The Morgan fingerprint density at radius 3 is 2.60 bits per heavy atom. The van der Waals surface area contributed by atoms with Gasteiger partial charge in [0.25, 0.3) is 0 Å². The standard InChI is InChI=1S/C17H25N3O5/c1-4-20(16(22)9-10-18-17(23)25-5-2)12-15(21)19-13-7-6-8-14(11-13)24-3/h6-8,11H,4-5,9-10,12H2,1-3H3,(H,18,23)(H,19,21). The molecule has 2 N–H and O–H groups in total. The van der Waals surface area contributed by atoms with Crippen molar-refractivity contribution in [2.45, 2.75) is 20.3 Å². The van der Waals surface area contributed by atoms with Gasteiger partial charge in [-0.1, -0.05) is 6.07 Å².